The number of aromatic nitrogens is 2. The molecule has 1 atom stereocenters. The Morgan fingerprint density at radius 1 is 1.28 bits per heavy atom. The van der Waals surface area contributed by atoms with Crippen molar-refractivity contribution in [1.29, 1.82) is 0 Å². The van der Waals surface area contributed by atoms with Crippen LogP contribution < -0.4 is 10.9 Å². The predicted octanol–water partition coefficient (Wildman–Crippen LogP) is 4.05. The lowest BCUT2D eigenvalue weighted by Gasteiger charge is -2.12. The van der Waals surface area contributed by atoms with Crippen LogP contribution in [0.25, 0.3) is 20.7 Å². The molecule has 1 unspecified atom stereocenters. The van der Waals surface area contributed by atoms with Crippen LogP contribution in [0.15, 0.2) is 69.2 Å². The Balaban J connectivity index is 1.56. The lowest BCUT2D eigenvalue weighted by atomic mass is 10.2. The molecule has 3 heterocycles. The average molecular weight is 426 g/mol. The quantitative estimate of drug-likeness (QED) is 0.372. The van der Waals surface area contributed by atoms with Gasteiger partial charge in [0.1, 0.15) is 10.6 Å². The van der Waals surface area contributed by atoms with E-state index in [0.29, 0.717) is 27.7 Å². The number of hydrogen-bond acceptors (Lipinski definition) is 6. The fourth-order valence-corrected chi connectivity index (χ4v) is 4.82. The molecule has 29 heavy (non-hydrogen) atoms. The third kappa shape index (κ3) is 4.13. The minimum Gasteiger partial charge on any atom is -0.467 e. The summed E-state index contributed by atoms with van der Waals surface area (Å²) in [6.07, 6.45) is 1.57. The molecule has 0 bridgehead atoms. The van der Waals surface area contributed by atoms with Crippen molar-refractivity contribution in [2.45, 2.75) is 23.9 Å². The molecule has 3 aromatic heterocycles. The molecular weight excluding hydrogens is 406 g/mol. The van der Waals surface area contributed by atoms with Crippen LogP contribution in [0.1, 0.15) is 12.7 Å². The first-order valence-electron chi connectivity index (χ1n) is 9.05. The maximum absolute atomic E-state index is 12.8. The first kappa shape index (κ1) is 19.5. The second-order valence-electron chi connectivity index (χ2n) is 6.51. The summed E-state index contributed by atoms with van der Waals surface area (Å²) in [4.78, 5) is 31.6. The molecule has 0 radical (unpaired) electrons. The highest BCUT2D eigenvalue weighted by Gasteiger charge is 2.19. The molecule has 0 saturated heterocycles. The van der Waals surface area contributed by atoms with Crippen molar-refractivity contribution in [3.8, 4) is 10.4 Å². The van der Waals surface area contributed by atoms with Crippen molar-refractivity contribution in [3.63, 3.8) is 0 Å². The molecular formula is C21H19N3O3S2. The molecule has 0 fully saturated rings. The minimum atomic E-state index is -0.408. The van der Waals surface area contributed by atoms with E-state index in [1.807, 2.05) is 36.4 Å². The van der Waals surface area contributed by atoms with Crippen LogP contribution in [0.5, 0.6) is 0 Å². The predicted molar refractivity (Wildman–Crippen MR) is 116 cm³/mol. The standard InChI is InChI=1S/C21H19N3O3S2/c1-13(18(25)22-12-15-9-6-10-27-15)28-21-23-19-16(20(26)24(21)2)11-17(29-19)14-7-4-3-5-8-14/h3-11,13H,12H2,1-2H3,(H,22,25). The van der Waals surface area contributed by atoms with Crippen molar-refractivity contribution >= 4 is 39.2 Å². The smallest absolute Gasteiger partial charge is 0.262 e. The summed E-state index contributed by atoms with van der Waals surface area (Å²) < 4.78 is 6.73. The van der Waals surface area contributed by atoms with E-state index in [1.165, 1.54) is 27.7 Å². The summed E-state index contributed by atoms with van der Waals surface area (Å²) >= 11 is 2.75. The lowest BCUT2D eigenvalue weighted by Crippen LogP contribution is -2.31. The highest BCUT2D eigenvalue weighted by Crippen LogP contribution is 2.32. The van der Waals surface area contributed by atoms with Gasteiger partial charge in [-0.3, -0.25) is 14.2 Å². The first-order chi connectivity index (χ1) is 14.0. The fraction of sp³-hybridized carbons (Fsp3) is 0.190. The molecule has 0 spiro atoms. The third-order valence-electron chi connectivity index (χ3n) is 4.46. The van der Waals surface area contributed by atoms with Crippen molar-refractivity contribution in [3.05, 3.63) is 70.9 Å². The number of fused-ring (bicyclic) bond motifs is 1. The van der Waals surface area contributed by atoms with E-state index < -0.39 is 5.25 Å². The van der Waals surface area contributed by atoms with Gasteiger partial charge in [-0.05, 0) is 30.7 Å². The third-order valence-corrected chi connectivity index (χ3v) is 6.68. The Morgan fingerprint density at radius 3 is 2.79 bits per heavy atom. The van der Waals surface area contributed by atoms with E-state index in [0.717, 1.165) is 10.4 Å². The zero-order chi connectivity index (χ0) is 20.4. The molecule has 6 nitrogen and oxygen atoms in total. The molecule has 0 aliphatic heterocycles. The molecule has 0 aliphatic rings. The summed E-state index contributed by atoms with van der Waals surface area (Å²) in [6, 6.07) is 15.4. The summed E-state index contributed by atoms with van der Waals surface area (Å²) in [5, 5.41) is 3.54. The lowest BCUT2D eigenvalue weighted by molar-refractivity contribution is -0.120. The molecule has 1 N–H and O–H groups in total. The number of furan rings is 1. The van der Waals surface area contributed by atoms with Gasteiger partial charge in [0.05, 0.1) is 23.4 Å². The van der Waals surface area contributed by atoms with E-state index in [-0.39, 0.29) is 11.5 Å². The number of thiophene rings is 1. The number of thioether (sulfide) groups is 1. The highest BCUT2D eigenvalue weighted by molar-refractivity contribution is 8.00. The number of amides is 1. The number of carbonyl (C=O) groups is 1. The van der Waals surface area contributed by atoms with Gasteiger partial charge in [-0.2, -0.15) is 0 Å². The maximum atomic E-state index is 12.8. The molecule has 4 aromatic rings. The van der Waals surface area contributed by atoms with Crippen LogP contribution in [0.4, 0.5) is 0 Å². The van der Waals surface area contributed by atoms with Gasteiger partial charge >= 0.3 is 0 Å². The second-order valence-corrected chi connectivity index (χ2v) is 8.85. The number of hydrogen-bond donors (Lipinski definition) is 1. The Labute approximate surface area is 175 Å². The number of nitrogens with one attached hydrogen (secondary N) is 1. The van der Waals surface area contributed by atoms with E-state index in [2.05, 4.69) is 10.3 Å². The molecule has 4 rings (SSSR count). The number of carbonyl (C=O) groups excluding carboxylic acids is 1. The van der Waals surface area contributed by atoms with Gasteiger partial charge in [-0.25, -0.2) is 4.98 Å². The van der Waals surface area contributed by atoms with Gasteiger partial charge in [0.2, 0.25) is 5.91 Å². The van der Waals surface area contributed by atoms with Crippen molar-refractivity contribution in [1.82, 2.24) is 14.9 Å². The number of benzene rings is 1. The van der Waals surface area contributed by atoms with E-state index in [9.17, 15) is 9.59 Å². The fourth-order valence-electron chi connectivity index (χ4n) is 2.84. The zero-order valence-electron chi connectivity index (χ0n) is 15.9. The Bertz CT molecular complexity index is 1200. The molecule has 8 heteroatoms. The van der Waals surface area contributed by atoms with E-state index in [1.54, 1.807) is 32.4 Å². The second kappa shape index (κ2) is 8.26. The van der Waals surface area contributed by atoms with Gasteiger partial charge in [0.25, 0.3) is 5.56 Å². The normalized spacial score (nSPS) is 12.2. The zero-order valence-corrected chi connectivity index (χ0v) is 17.5. The van der Waals surface area contributed by atoms with Crippen molar-refractivity contribution in [2.24, 2.45) is 7.05 Å². The van der Waals surface area contributed by atoms with E-state index >= 15 is 0 Å². The van der Waals surface area contributed by atoms with Gasteiger partial charge in [0.15, 0.2) is 5.16 Å². The summed E-state index contributed by atoms with van der Waals surface area (Å²) in [5.41, 5.74) is 0.941. The summed E-state index contributed by atoms with van der Waals surface area (Å²) in [5.74, 6) is 0.548. The minimum absolute atomic E-state index is 0.112. The molecule has 0 aliphatic carbocycles. The summed E-state index contributed by atoms with van der Waals surface area (Å²) in [6.45, 7) is 2.12. The SMILES string of the molecule is CC(Sc1nc2sc(-c3ccccc3)cc2c(=O)n1C)C(=O)NCc1ccco1. The van der Waals surface area contributed by atoms with Gasteiger partial charge < -0.3 is 9.73 Å². The van der Waals surface area contributed by atoms with Crippen LogP contribution in [0, 0.1) is 0 Å². The summed E-state index contributed by atoms with van der Waals surface area (Å²) in [7, 11) is 1.68. The Kier molecular flexibility index (Phi) is 5.55. The monoisotopic (exact) mass is 425 g/mol. The van der Waals surface area contributed by atoms with Crippen LogP contribution in [0.3, 0.4) is 0 Å². The van der Waals surface area contributed by atoms with Gasteiger partial charge in [0, 0.05) is 11.9 Å². The van der Waals surface area contributed by atoms with Crippen LogP contribution in [0.2, 0.25) is 0 Å². The van der Waals surface area contributed by atoms with Crippen LogP contribution in [-0.4, -0.2) is 20.7 Å². The highest BCUT2D eigenvalue weighted by atomic mass is 32.2. The maximum Gasteiger partial charge on any atom is 0.262 e. The van der Waals surface area contributed by atoms with Crippen LogP contribution >= 0.6 is 23.1 Å². The Morgan fingerprint density at radius 2 is 2.07 bits per heavy atom. The molecule has 1 amide bonds. The number of rotatable bonds is 6. The van der Waals surface area contributed by atoms with Crippen LogP contribution in [-0.2, 0) is 18.4 Å². The van der Waals surface area contributed by atoms with Gasteiger partial charge in [-0.1, -0.05) is 42.1 Å². The Hall–Kier alpha value is -2.84. The average Bonchev–Trinajstić information content (AvgIpc) is 3.40. The molecule has 148 valence electrons. The van der Waals surface area contributed by atoms with Crippen molar-refractivity contribution in [2.75, 3.05) is 0 Å². The number of nitrogens with zero attached hydrogens (tertiary/aromatic N) is 2. The molecule has 1 aromatic carbocycles. The molecule has 0 saturated carbocycles. The first-order valence-corrected chi connectivity index (χ1v) is 10.8. The largest absolute Gasteiger partial charge is 0.467 e. The van der Waals surface area contributed by atoms with E-state index in [4.69, 9.17) is 4.42 Å². The van der Waals surface area contributed by atoms with Gasteiger partial charge in [-0.15, -0.1) is 11.3 Å². The topological polar surface area (TPSA) is 77.1 Å². The van der Waals surface area contributed by atoms with Crippen molar-refractivity contribution < 1.29 is 9.21 Å².